The van der Waals surface area contributed by atoms with Crippen LogP contribution in [-0.4, -0.2) is 69.5 Å². The van der Waals surface area contributed by atoms with Crippen molar-refractivity contribution in [3.63, 3.8) is 0 Å². The molecule has 0 unspecified atom stereocenters. The molecule has 3 rings (SSSR count). The second kappa shape index (κ2) is 7.87. The molecule has 134 valence electrons. The Kier molecular flexibility index (Phi) is 5.82. The minimum Gasteiger partial charge on any atom is -0.379 e. The van der Waals surface area contributed by atoms with Crippen LogP contribution in [0.15, 0.2) is 30.3 Å². The Balaban J connectivity index is 1.71. The molecule has 2 fully saturated rings. The van der Waals surface area contributed by atoms with E-state index in [1.54, 1.807) is 0 Å². The van der Waals surface area contributed by atoms with Crippen LogP contribution in [0.2, 0.25) is 0 Å². The van der Waals surface area contributed by atoms with Crippen LogP contribution in [0.3, 0.4) is 0 Å². The van der Waals surface area contributed by atoms with Crippen LogP contribution in [0.1, 0.15) is 11.9 Å². The number of nitrogens with zero attached hydrogens (tertiary/aromatic N) is 1. The largest absolute Gasteiger partial charge is 0.397 e. The summed E-state index contributed by atoms with van der Waals surface area (Å²) < 4.78 is 52.7. The first-order chi connectivity index (χ1) is 11.5. The van der Waals surface area contributed by atoms with Gasteiger partial charge in [-0.3, -0.25) is 9.45 Å². The third kappa shape index (κ3) is 4.96. The first-order valence-corrected chi connectivity index (χ1v) is 9.15. The predicted molar refractivity (Wildman–Crippen MR) is 83.7 cm³/mol. The maximum Gasteiger partial charge on any atom is 0.397 e. The molecule has 1 aromatic rings. The van der Waals surface area contributed by atoms with E-state index in [-0.39, 0.29) is 6.61 Å². The molecule has 9 heteroatoms. The van der Waals surface area contributed by atoms with Crippen molar-refractivity contribution in [2.24, 2.45) is 0 Å². The van der Waals surface area contributed by atoms with Crippen molar-refractivity contribution in [1.29, 1.82) is 0 Å². The normalized spacial score (nSPS) is 29.5. The second-order valence-corrected chi connectivity index (χ2v) is 6.77. The summed E-state index contributed by atoms with van der Waals surface area (Å²) in [6, 6.07) is 9.39. The molecule has 0 bridgehead atoms. The standard InChI is InChI=1S/C15H21NO7S/c17-24(18,19)23-14-11-21-15(12-4-2-1-3-5-12)22-13(14)10-16-6-8-20-9-7-16/h1-5,13-15H,6-11H2,(H,17,18,19)/t13-,14+,15+/m0/s1. The molecule has 3 atom stereocenters. The van der Waals surface area contributed by atoms with Gasteiger partial charge in [-0.2, -0.15) is 8.42 Å². The summed E-state index contributed by atoms with van der Waals surface area (Å²) >= 11 is 0. The van der Waals surface area contributed by atoms with E-state index in [0.29, 0.717) is 19.8 Å². The average molecular weight is 359 g/mol. The van der Waals surface area contributed by atoms with Crippen LogP contribution < -0.4 is 0 Å². The molecule has 1 aromatic carbocycles. The third-order valence-electron chi connectivity index (χ3n) is 3.98. The maximum absolute atomic E-state index is 11.1. The Morgan fingerprint density at radius 2 is 1.92 bits per heavy atom. The Hall–Kier alpha value is -1.07. The highest BCUT2D eigenvalue weighted by molar-refractivity contribution is 7.80. The van der Waals surface area contributed by atoms with E-state index in [1.165, 1.54) is 0 Å². The Morgan fingerprint density at radius 1 is 1.21 bits per heavy atom. The fourth-order valence-electron chi connectivity index (χ4n) is 2.80. The lowest BCUT2D eigenvalue weighted by Crippen LogP contribution is -2.51. The fraction of sp³-hybridized carbons (Fsp3) is 0.600. The molecule has 0 radical (unpaired) electrons. The van der Waals surface area contributed by atoms with Crippen LogP contribution in [0.25, 0.3) is 0 Å². The molecule has 2 aliphatic rings. The van der Waals surface area contributed by atoms with Crippen LogP contribution >= 0.6 is 0 Å². The highest BCUT2D eigenvalue weighted by Gasteiger charge is 2.37. The van der Waals surface area contributed by atoms with Gasteiger partial charge in [0.15, 0.2) is 6.29 Å². The van der Waals surface area contributed by atoms with Crippen molar-refractivity contribution in [3.8, 4) is 0 Å². The lowest BCUT2D eigenvalue weighted by atomic mass is 10.1. The molecule has 0 amide bonds. The fourth-order valence-corrected chi connectivity index (χ4v) is 3.30. The van der Waals surface area contributed by atoms with Gasteiger partial charge in [0, 0.05) is 25.2 Å². The smallest absolute Gasteiger partial charge is 0.379 e. The highest BCUT2D eigenvalue weighted by Crippen LogP contribution is 2.28. The minimum atomic E-state index is -4.58. The van der Waals surface area contributed by atoms with Gasteiger partial charge in [0.1, 0.15) is 12.2 Å². The van der Waals surface area contributed by atoms with E-state index in [9.17, 15) is 8.42 Å². The van der Waals surface area contributed by atoms with Crippen molar-refractivity contribution in [1.82, 2.24) is 4.90 Å². The van der Waals surface area contributed by atoms with Crippen LogP contribution in [-0.2, 0) is 28.8 Å². The number of benzene rings is 1. The van der Waals surface area contributed by atoms with Crippen molar-refractivity contribution in [3.05, 3.63) is 35.9 Å². The molecule has 0 saturated carbocycles. The van der Waals surface area contributed by atoms with Crippen molar-refractivity contribution in [2.75, 3.05) is 39.5 Å². The monoisotopic (exact) mass is 359 g/mol. The lowest BCUT2D eigenvalue weighted by molar-refractivity contribution is -0.255. The summed E-state index contributed by atoms with van der Waals surface area (Å²) in [5, 5.41) is 0. The van der Waals surface area contributed by atoms with E-state index in [2.05, 4.69) is 4.90 Å². The minimum absolute atomic E-state index is 0.00829. The second-order valence-electron chi connectivity index (χ2n) is 5.73. The molecule has 2 saturated heterocycles. The number of rotatable bonds is 5. The van der Waals surface area contributed by atoms with Gasteiger partial charge < -0.3 is 14.2 Å². The van der Waals surface area contributed by atoms with E-state index >= 15 is 0 Å². The molecule has 0 aromatic heterocycles. The van der Waals surface area contributed by atoms with E-state index in [1.807, 2.05) is 30.3 Å². The van der Waals surface area contributed by atoms with Crippen LogP contribution in [0, 0.1) is 0 Å². The predicted octanol–water partition coefficient (Wildman–Crippen LogP) is 0.621. The van der Waals surface area contributed by atoms with Gasteiger partial charge in [0.2, 0.25) is 0 Å². The van der Waals surface area contributed by atoms with E-state index in [4.69, 9.17) is 22.9 Å². The number of hydrogen-bond acceptors (Lipinski definition) is 7. The first-order valence-electron chi connectivity index (χ1n) is 7.79. The molecule has 2 heterocycles. The topological polar surface area (TPSA) is 94.5 Å². The van der Waals surface area contributed by atoms with Gasteiger partial charge in [-0.25, -0.2) is 4.18 Å². The zero-order valence-corrected chi connectivity index (χ0v) is 13.9. The number of morpholine rings is 1. The van der Waals surface area contributed by atoms with Crippen molar-refractivity contribution < 1.29 is 31.4 Å². The lowest BCUT2D eigenvalue weighted by Gasteiger charge is -2.38. The first kappa shape index (κ1) is 17.7. The highest BCUT2D eigenvalue weighted by atomic mass is 32.3. The average Bonchev–Trinajstić information content (AvgIpc) is 2.57. The van der Waals surface area contributed by atoms with E-state index in [0.717, 1.165) is 18.7 Å². The van der Waals surface area contributed by atoms with Crippen molar-refractivity contribution in [2.45, 2.75) is 18.5 Å². The molecule has 0 aliphatic carbocycles. The Labute approximate surface area is 141 Å². The van der Waals surface area contributed by atoms with Gasteiger partial charge in [-0.15, -0.1) is 0 Å². The summed E-state index contributed by atoms with van der Waals surface area (Å²) in [5.74, 6) is 0. The summed E-state index contributed by atoms with van der Waals surface area (Å²) in [4.78, 5) is 2.11. The summed E-state index contributed by atoms with van der Waals surface area (Å²) in [5.41, 5.74) is 0.842. The number of ether oxygens (including phenoxy) is 3. The maximum atomic E-state index is 11.1. The Bertz CT molecular complexity index is 618. The number of hydrogen-bond donors (Lipinski definition) is 1. The van der Waals surface area contributed by atoms with Gasteiger partial charge in [0.25, 0.3) is 0 Å². The van der Waals surface area contributed by atoms with Gasteiger partial charge in [-0.05, 0) is 0 Å². The van der Waals surface area contributed by atoms with Crippen LogP contribution in [0.5, 0.6) is 0 Å². The quantitative estimate of drug-likeness (QED) is 0.765. The summed E-state index contributed by atoms with van der Waals surface area (Å²) in [7, 11) is -4.58. The SMILES string of the molecule is O=S(=O)(O)O[C@@H]1CO[C@@H](c2ccccc2)O[C@H]1CN1CCOCC1. The summed E-state index contributed by atoms with van der Waals surface area (Å²) in [6.07, 6.45) is -2.05. The third-order valence-corrected chi connectivity index (χ3v) is 4.47. The summed E-state index contributed by atoms with van der Waals surface area (Å²) in [6.45, 7) is 3.18. The van der Waals surface area contributed by atoms with Gasteiger partial charge in [0.05, 0.1) is 19.8 Å². The van der Waals surface area contributed by atoms with E-state index < -0.39 is 28.9 Å². The molecule has 8 nitrogen and oxygen atoms in total. The van der Waals surface area contributed by atoms with Gasteiger partial charge >= 0.3 is 10.4 Å². The zero-order chi connectivity index (χ0) is 17.0. The van der Waals surface area contributed by atoms with Crippen molar-refractivity contribution >= 4 is 10.4 Å². The molecule has 0 spiro atoms. The molecular formula is C15H21NO7S. The van der Waals surface area contributed by atoms with Crippen LogP contribution in [0.4, 0.5) is 0 Å². The molecule has 2 aliphatic heterocycles. The molecular weight excluding hydrogens is 338 g/mol. The molecule has 1 N–H and O–H groups in total. The molecule has 24 heavy (non-hydrogen) atoms. The zero-order valence-electron chi connectivity index (χ0n) is 13.1. The van der Waals surface area contributed by atoms with Gasteiger partial charge in [-0.1, -0.05) is 30.3 Å². The Morgan fingerprint density at radius 3 is 2.58 bits per heavy atom.